The van der Waals surface area contributed by atoms with Crippen molar-refractivity contribution in [1.82, 2.24) is 4.90 Å². The van der Waals surface area contributed by atoms with Gasteiger partial charge >= 0.3 is 0 Å². The molecule has 2 unspecified atom stereocenters. The Kier molecular flexibility index (Phi) is 4.57. The molecule has 1 aliphatic rings. The SMILES string of the molecule is CCc1ccc(C(=O)CN2CCC(C)CC2C)s1. The summed E-state index contributed by atoms with van der Waals surface area (Å²) in [5.41, 5.74) is 0. The van der Waals surface area contributed by atoms with E-state index in [-0.39, 0.29) is 0 Å². The number of nitrogens with zero attached hydrogens (tertiary/aromatic N) is 1. The normalized spacial score (nSPS) is 25.3. The molecule has 0 bridgehead atoms. The van der Waals surface area contributed by atoms with Crippen LogP contribution in [0.1, 0.15) is 48.2 Å². The van der Waals surface area contributed by atoms with Gasteiger partial charge < -0.3 is 0 Å². The third-order valence-electron chi connectivity index (χ3n) is 3.91. The molecule has 1 saturated heterocycles. The summed E-state index contributed by atoms with van der Waals surface area (Å²) in [7, 11) is 0. The Hall–Kier alpha value is -0.670. The van der Waals surface area contributed by atoms with Gasteiger partial charge in [0.15, 0.2) is 5.78 Å². The number of hydrogen-bond donors (Lipinski definition) is 0. The predicted octanol–water partition coefficient (Wildman–Crippen LogP) is 3.61. The molecule has 1 aromatic rings. The maximum atomic E-state index is 12.2. The number of aryl methyl sites for hydroxylation is 1. The van der Waals surface area contributed by atoms with Gasteiger partial charge in [-0.25, -0.2) is 0 Å². The van der Waals surface area contributed by atoms with Crippen LogP contribution in [0.3, 0.4) is 0 Å². The van der Waals surface area contributed by atoms with Crippen LogP contribution in [0.25, 0.3) is 0 Å². The largest absolute Gasteiger partial charge is 0.293 e. The lowest BCUT2D eigenvalue weighted by atomic mass is 9.93. The van der Waals surface area contributed by atoms with Crippen molar-refractivity contribution >= 4 is 17.1 Å². The molecule has 3 heteroatoms. The number of rotatable bonds is 4. The van der Waals surface area contributed by atoms with Crippen LogP contribution in [-0.2, 0) is 6.42 Å². The molecule has 1 aliphatic heterocycles. The number of piperidine rings is 1. The molecular formula is C15H23NOS. The molecule has 1 fully saturated rings. The smallest absolute Gasteiger partial charge is 0.186 e. The average Bonchev–Trinajstić information content (AvgIpc) is 2.81. The fourth-order valence-corrected chi connectivity index (χ4v) is 3.55. The Morgan fingerprint density at radius 1 is 1.44 bits per heavy atom. The topological polar surface area (TPSA) is 20.3 Å². The maximum Gasteiger partial charge on any atom is 0.186 e. The van der Waals surface area contributed by atoms with Crippen LogP contribution in [0, 0.1) is 5.92 Å². The second kappa shape index (κ2) is 5.98. The summed E-state index contributed by atoms with van der Waals surface area (Å²) in [5, 5.41) is 0. The monoisotopic (exact) mass is 265 g/mol. The Morgan fingerprint density at radius 3 is 2.83 bits per heavy atom. The zero-order valence-corrected chi connectivity index (χ0v) is 12.4. The summed E-state index contributed by atoms with van der Waals surface area (Å²) in [6.45, 7) is 8.35. The van der Waals surface area contributed by atoms with Crippen LogP contribution in [-0.4, -0.2) is 29.8 Å². The molecule has 0 saturated carbocycles. The minimum Gasteiger partial charge on any atom is -0.293 e. The summed E-state index contributed by atoms with van der Waals surface area (Å²) < 4.78 is 0. The molecule has 0 aliphatic carbocycles. The van der Waals surface area contributed by atoms with Gasteiger partial charge in [-0.3, -0.25) is 9.69 Å². The fraction of sp³-hybridized carbons (Fsp3) is 0.667. The molecular weight excluding hydrogens is 242 g/mol. The summed E-state index contributed by atoms with van der Waals surface area (Å²) in [5.74, 6) is 1.10. The van der Waals surface area contributed by atoms with Gasteiger partial charge in [0, 0.05) is 10.9 Å². The first-order valence-electron chi connectivity index (χ1n) is 6.96. The molecule has 2 heterocycles. The summed E-state index contributed by atoms with van der Waals surface area (Å²) in [6, 6.07) is 4.62. The highest BCUT2D eigenvalue weighted by Crippen LogP contribution is 2.23. The highest BCUT2D eigenvalue weighted by atomic mass is 32.1. The Bertz CT molecular complexity index is 412. The van der Waals surface area contributed by atoms with Crippen molar-refractivity contribution in [2.24, 2.45) is 5.92 Å². The van der Waals surface area contributed by atoms with Crippen molar-refractivity contribution < 1.29 is 4.79 Å². The fourth-order valence-electron chi connectivity index (χ4n) is 2.67. The number of likely N-dealkylation sites (tertiary alicyclic amines) is 1. The van der Waals surface area contributed by atoms with Crippen molar-refractivity contribution in [3.8, 4) is 0 Å². The van der Waals surface area contributed by atoms with Gasteiger partial charge in [0.25, 0.3) is 0 Å². The van der Waals surface area contributed by atoms with Gasteiger partial charge in [0.1, 0.15) is 0 Å². The number of carbonyl (C=O) groups excluding carboxylic acids is 1. The van der Waals surface area contributed by atoms with Crippen LogP contribution >= 0.6 is 11.3 Å². The zero-order valence-electron chi connectivity index (χ0n) is 11.6. The molecule has 2 atom stereocenters. The van der Waals surface area contributed by atoms with Gasteiger partial charge in [-0.05, 0) is 50.8 Å². The summed E-state index contributed by atoms with van der Waals surface area (Å²) >= 11 is 1.66. The molecule has 2 rings (SSSR count). The van der Waals surface area contributed by atoms with Crippen LogP contribution in [0.15, 0.2) is 12.1 Å². The number of hydrogen-bond acceptors (Lipinski definition) is 3. The lowest BCUT2D eigenvalue weighted by Gasteiger charge is -2.35. The molecule has 100 valence electrons. The molecule has 0 aromatic carbocycles. The molecule has 1 aromatic heterocycles. The van der Waals surface area contributed by atoms with Crippen LogP contribution < -0.4 is 0 Å². The standard InChI is InChI=1S/C15H23NOS/c1-4-13-5-6-15(18-13)14(17)10-16-8-7-11(2)9-12(16)3/h5-6,11-12H,4,7-10H2,1-3H3. The van der Waals surface area contributed by atoms with Gasteiger partial charge in [0.2, 0.25) is 0 Å². The predicted molar refractivity (Wildman–Crippen MR) is 77.5 cm³/mol. The van der Waals surface area contributed by atoms with Crippen LogP contribution in [0.4, 0.5) is 0 Å². The van der Waals surface area contributed by atoms with Crippen molar-refractivity contribution in [2.75, 3.05) is 13.1 Å². The van der Waals surface area contributed by atoms with E-state index in [1.807, 2.05) is 6.07 Å². The second-order valence-electron chi connectivity index (χ2n) is 5.49. The highest BCUT2D eigenvalue weighted by molar-refractivity contribution is 7.14. The van der Waals surface area contributed by atoms with Crippen LogP contribution in [0.5, 0.6) is 0 Å². The van der Waals surface area contributed by atoms with Crippen molar-refractivity contribution in [2.45, 2.75) is 46.1 Å². The van der Waals surface area contributed by atoms with Crippen LogP contribution in [0.2, 0.25) is 0 Å². The first kappa shape index (κ1) is 13.8. The first-order chi connectivity index (χ1) is 8.60. The molecule has 18 heavy (non-hydrogen) atoms. The molecule has 0 spiro atoms. The van der Waals surface area contributed by atoms with E-state index >= 15 is 0 Å². The van der Waals surface area contributed by atoms with Crippen molar-refractivity contribution in [1.29, 1.82) is 0 Å². The van der Waals surface area contributed by atoms with E-state index in [1.54, 1.807) is 11.3 Å². The quantitative estimate of drug-likeness (QED) is 0.775. The number of ketones is 1. The zero-order chi connectivity index (χ0) is 13.1. The minimum absolute atomic E-state index is 0.293. The van der Waals surface area contributed by atoms with E-state index in [0.29, 0.717) is 18.4 Å². The van der Waals surface area contributed by atoms with E-state index in [9.17, 15) is 4.79 Å². The maximum absolute atomic E-state index is 12.2. The molecule has 0 amide bonds. The number of thiophene rings is 1. The lowest BCUT2D eigenvalue weighted by molar-refractivity contribution is 0.0820. The van der Waals surface area contributed by atoms with E-state index < -0.39 is 0 Å². The van der Waals surface area contributed by atoms with Gasteiger partial charge in [0.05, 0.1) is 11.4 Å². The summed E-state index contributed by atoms with van der Waals surface area (Å²) in [4.78, 5) is 16.8. The van der Waals surface area contributed by atoms with Gasteiger partial charge in [-0.2, -0.15) is 0 Å². The second-order valence-corrected chi connectivity index (χ2v) is 6.66. The van der Waals surface area contributed by atoms with E-state index in [0.717, 1.165) is 23.8 Å². The molecule has 0 radical (unpaired) electrons. The van der Waals surface area contributed by atoms with Crippen molar-refractivity contribution in [3.05, 3.63) is 21.9 Å². The van der Waals surface area contributed by atoms with E-state index in [4.69, 9.17) is 0 Å². The Balaban J connectivity index is 1.94. The van der Waals surface area contributed by atoms with Gasteiger partial charge in [-0.1, -0.05) is 13.8 Å². The first-order valence-corrected chi connectivity index (χ1v) is 7.77. The number of Topliss-reactive ketones (excluding diaryl/α,β-unsaturated/α-hetero) is 1. The number of carbonyl (C=O) groups is 1. The third-order valence-corrected chi connectivity index (χ3v) is 5.18. The third kappa shape index (κ3) is 3.21. The lowest BCUT2D eigenvalue weighted by Crippen LogP contribution is -2.42. The van der Waals surface area contributed by atoms with E-state index in [2.05, 4.69) is 31.7 Å². The Morgan fingerprint density at radius 2 is 2.22 bits per heavy atom. The Labute approximate surface area is 114 Å². The molecule has 2 nitrogen and oxygen atoms in total. The minimum atomic E-state index is 0.293. The van der Waals surface area contributed by atoms with E-state index in [1.165, 1.54) is 17.7 Å². The summed E-state index contributed by atoms with van der Waals surface area (Å²) in [6.07, 6.45) is 3.47. The average molecular weight is 265 g/mol. The van der Waals surface area contributed by atoms with Crippen molar-refractivity contribution in [3.63, 3.8) is 0 Å². The highest BCUT2D eigenvalue weighted by Gasteiger charge is 2.25. The van der Waals surface area contributed by atoms with Gasteiger partial charge in [-0.15, -0.1) is 11.3 Å². The molecule has 0 N–H and O–H groups in total.